The largest absolute Gasteiger partial charge is 0.493 e. The highest BCUT2D eigenvalue weighted by molar-refractivity contribution is 5.96. The molecule has 0 radical (unpaired) electrons. The topological polar surface area (TPSA) is 58.2 Å². The van der Waals surface area contributed by atoms with E-state index in [1.165, 1.54) is 0 Å². The van der Waals surface area contributed by atoms with Crippen LogP contribution in [0.1, 0.15) is 42.2 Å². The van der Waals surface area contributed by atoms with E-state index >= 15 is 0 Å². The van der Waals surface area contributed by atoms with Crippen LogP contribution in [0.5, 0.6) is 5.75 Å². The number of carbonyl (C=O) groups is 1. The molecule has 0 saturated heterocycles. The summed E-state index contributed by atoms with van der Waals surface area (Å²) in [5.74, 6) is 0.681. The van der Waals surface area contributed by atoms with Gasteiger partial charge < -0.3 is 9.64 Å². The maximum Gasteiger partial charge on any atom is 0.254 e. The van der Waals surface area contributed by atoms with Gasteiger partial charge in [0, 0.05) is 29.1 Å². The predicted octanol–water partition coefficient (Wildman–Crippen LogP) is 5.85. The summed E-state index contributed by atoms with van der Waals surface area (Å²) in [6, 6.07) is 21.7. The molecule has 1 N–H and O–H groups in total. The Morgan fingerprint density at radius 2 is 1.90 bits per heavy atom. The lowest BCUT2D eigenvalue weighted by Gasteiger charge is -2.26. The Morgan fingerprint density at radius 3 is 2.68 bits per heavy atom. The van der Waals surface area contributed by atoms with Crippen molar-refractivity contribution in [3.63, 3.8) is 0 Å². The third-order valence-corrected chi connectivity index (χ3v) is 5.64. The van der Waals surface area contributed by atoms with Gasteiger partial charge in [0.05, 0.1) is 24.4 Å². The molecule has 31 heavy (non-hydrogen) atoms. The molecule has 1 aromatic heterocycles. The Balaban J connectivity index is 1.65. The normalized spacial score (nSPS) is 12.0. The molecule has 0 aliphatic rings. The van der Waals surface area contributed by atoms with Gasteiger partial charge in [-0.1, -0.05) is 55.5 Å². The number of para-hydroxylation sites is 1. The first-order valence-corrected chi connectivity index (χ1v) is 10.6. The van der Waals surface area contributed by atoms with Crippen molar-refractivity contribution in [3.8, 4) is 16.9 Å². The Bertz CT molecular complexity index is 1180. The Hall–Kier alpha value is -3.60. The average Bonchev–Trinajstić information content (AvgIpc) is 3.31. The number of fused-ring (bicyclic) bond motifs is 1. The second kappa shape index (κ2) is 9.04. The molecule has 0 unspecified atom stereocenters. The molecule has 4 rings (SSSR count). The highest BCUT2D eigenvalue weighted by Crippen LogP contribution is 2.33. The highest BCUT2D eigenvalue weighted by atomic mass is 16.5. The molecule has 5 nitrogen and oxygen atoms in total. The minimum Gasteiger partial charge on any atom is -0.493 e. The summed E-state index contributed by atoms with van der Waals surface area (Å²) in [7, 11) is 1.83. The number of hydrogen-bond acceptors (Lipinski definition) is 3. The van der Waals surface area contributed by atoms with Crippen LogP contribution in [-0.4, -0.2) is 34.7 Å². The zero-order valence-corrected chi connectivity index (χ0v) is 18.1. The first-order valence-electron chi connectivity index (χ1n) is 10.6. The molecule has 1 heterocycles. The van der Waals surface area contributed by atoms with E-state index in [0.717, 1.165) is 39.8 Å². The van der Waals surface area contributed by atoms with Crippen molar-refractivity contribution in [1.82, 2.24) is 15.1 Å². The number of aromatic amines is 1. The maximum absolute atomic E-state index is 13.4. The molecule has 1 atom stereocenters. The van der Waals surface area contributed by atoms with E-state index in [-0.39, 0.29) is 11.9 Å². The lowest BCUT2D eigenvalue weighted by atomic mass is 10.0. The maximum atomic E-state index is 13.4. The molecule has 0 aliphatic heterocycles. The van der Waals surface area contributed by atoms with E-state index in [0.29, 0.717) is 12.2 Å². The van der Waals surface area contributed by atoms with Gasteiger partial charge in [0.25, 0.3) is 5.91 Å². The Labute approximate surface area is 182 Å². The van der Waals surface area contributed by atoms with Crippen LogP contribution in [-0.2, 0) is 0 Å². The van der Waals surface area contributed by atoms with Crippen molar-refractivity contribution in [2.45, 2.75) is 26.3 Å². The molecular formula is C26H27N3O2. The summed E-state index contributed by atoms with van der Waals surface area (Å²) >= 11 is 0. The monoisotopic (exact) mass is 413 g/mol. The van der Waals surface area contributed by atoms with Crippen LogP contribution in [0.2, 0.25) is 0 Å². The molecule has 0 spiro atoms. The Morgan fingerprint density at radius 1 is 1.10 bits per heavy atom. The molecule has 1 amide bonds. The highest BCUT2D eigenvalue weighted by Gasteiger charge is 2.22. The zero-order valence-electron chi connectivity index (χ0n) is 18.1. The number of ether oxygens (including phenoxy) is 1. The van der Waals surface area contributed by atoms with Crippen LogP contribution in [0, 0.1) is 0 Å². The van der Waals surface area contributed by atoms with E-state index in [2.05, 4.69) is 29.3 Å². The van der Waals surface area contributed by atoms with Gasteiger partial charge in [-0.2, -0.15) is 5.10 Å². The van der Waals surface area contributed by atoms with Crippen molar-refractivity contribution < 1.29 is 9.53 Å². The first kappa shape index (κ1) is 20.7. The van der Waals surface area contributed by atoms with Gasteiger partial charge >= 0.3 is 0 Å². The number of aromatic nitrogens is 2. The van der Waals surface area contributed by atoms with Crippen LogP contribution in [0.15, 0.2) is 72.9 Å². The summed E-state index contributed by atoms with van der Waals surface area (Å²) in [5.41, 5.74) is 4.66. The van der Waals surface area contributed by atoms with E-state index in [4.69, 9.17) is 4.74 Å². The minimum absolute atomic E-state index is 0.0509. The van der Waals surface area contributed by atoms with Crippen LogP contribution < -0.4 is 4.74 Å². The number of amides is 1. The van der Waals surface area contributed by atoms with Crippen molar-refractivity contribution in [1.29, 1.82) is 0 Å². The van der Waals surface area contributed by atoms with Crippen LogP contribution >= 0.6 is 0 Å². The van der Waals surface area contributed by atoms with Gasteiger partial charge in [0.1, 0.15) is 5.75 Å². The van der Waals surface area contributed by atoms with Gasteiger partial charge in [-0.3, -0.25) is 9.89 Å². The Kier molecular flexibility index (Phi) is 6.03. The number of hydrogen-bond donors (Lipinski definition) is 1. The number of benzene rings is 3. The van der Waals surface area contributed by atoms with Gasteiger partial charge in [-0.05, 0) is 37.1 Å². The van der Waals surface area contributed by atoms with E-state index in [9.17, 15) is 4.79 Å². The number of rotatable bonds is 7. The van der Waals surface area contributed by atoms with Gasteiger partial charge in [-0.25, -0.2) is 0 Å². The lowest BCUT2D eigenvalue weighted by molar-refractivity contribution is 0.0743. The summed E-state index contributed by atoms with van der Waals surface area (Å²) in [6.45, 7) is 4.70. The number of H-pyrrole nitrogens is 1. The van der Waals surface area contributed by atoms with Crippen LogP contribution in [0.4, 0.5) is 0 Å². The first-order chi connectivity index (χ1) is 15.1. The van der Waals surface area contributed by atoms with Crippen molar-refractivity contribution in [3.05, 3.63) is 84.1 Å². The van der Waals surface area contributed by atoms with Crippen molar-refractivity contribution >= 4 is 16.8 Å². The van der Waals surface area contributed by atoms with E-state index < -0.39 is 0 Å². The van der Waals surface area contributed by atoms with Crippen LogP contribution in [0.25, 0.3) is 22.0 Å². The standard InChI is InChI=1S/C26H27N3O2/c1-4-15-31-24-16-20(13-14-23(24)19-9-6-5-7-10-19)26(30)29(3)18(2)22-12-8-11-21-17-27-28-25(21)22/h5-14,16-18H,4,15H2,1-3H3,(H,27,28)/t18-/m0/s1. The third-order valence-electron chi connectivity index (χ3n) is 5.64. The summed E-state index contributed by atoms with van der Waals surface area (Å²) < 4.78 is 6.02. The van der Waals surface area contributed by atoms with Gasteiger partial charge in [-0.15, -0.1) is 0 Å². The number of carbonyl (C=O) groups excluding carboxylic acids is 1. The van der Waals surface area contributed by atoms with Gasteiger partial charge in [0.15, 0.2) is 0 Å². The average molecular weight is 414 g/mol. The molecule has 3 aromatic carbocycles. The van der Waals surface area contributed by atoms with Gasteiger partial charge in [0.2, 0.25) is 0 Å². The zero-order chi connectivity index (χ0) is 21.8. The van der Waals surface area contributed by atoms with Crippen LogP contribution in [0.3, 0.4) is 0 Å². The fourth-order valence-electron chi connectivity index (χ4n) is 3.77. The molecule has 158 valence electrons. The molecule has 0 bridgehead atoms. The lowest BCUT2D eigenvalue weighted by Crippen LogP contribution is -2.29. The predicted molar refractivity (Wildman–Crippen MR) is 124 cm³/mol. The second-order valence-corrected chi connectivity index (χ2v) is 7.70. The quantitative estimate of drug-likeness (QED) is 0.413. The molecule has 4 aromatic rings. The fourth-order valence-corrected chi connectivity index (χ4v) is 3.77. The van der Waals surface area contributed by atoms with Crippen molar-refractivity contribution in [2.75, 3.05) is 13.7 Å². The second-order valence-electron chi connectivity index (χ2n) is 7.70. The molecule has 0 fully saturated rings. The van der Waals surface area contributed by atoms with Crippen molar-refractivity contribution in [2.24, 2.45) is 0 Å². The summed E-state index contributed by atoms with van der Waals surface area (Å²) in [4.78, 5) is 15.1. The SMILES string of the molecule is CCCOc1cc(C(=O)N(C)[C@@H](C)c2cccc3cn[nH]c23)ccc1-c1ccccc1. The third kappa shape index (κ3) is 4.17. The molecule has 0 saturated carbocycles. The van der Waals surface area contributed by atoms with E-state index in [1.807, 2.05) is 68.6 Å². The molecule has 5 heteroatoms. The number of nitrogens with zero attached hydrogens (tertiary/aromatic N) is 2. The fraction of sp³-hybridized carbons (Fsp3) is 0.231. The van der Waals surface area contributed by atoms with E-state index in [1.54, 1.807) is 11.1 Å². The smallest absolute Gasteiger partial charge is 0.254 e. The minimum atomic E-state index is -0.120. The molecule has 0 aliphatic carbocycles. The summed E-state index contributed by atoms with van der Waals surface area (Å²) in [6.07, 6.45) is 2.70. The molecular weight excluding hydrogens is 386 g/mol. The number of nitrogens with one attached hydrogen (secondary N) is 1. The summed E-state index contributed by atoms with van der Waals surface area (Å²) in [5, 5.41) is 8.23.